The molecule has 0 spiro atoms. The number of ether oxygens (including phenoxy) is 1. The van der Waals surface area contributed by atoms with Crippen molar-refractivity contribution in [1.29, 1.82) is 0 Å². The molecule has 1 aromatic rings. The summed E-state index contributed by atoms with van der Waals surface area (Å²) in [5, 5.41) is 3.15. The highest BCUT2D eigenvalue weighted by Gasteiger charge is 2.24. The normalized spacial score (nSPS) is 22.8. The number of nitrogens with one attached hydrogen (secondary N) is 1. The van der Waals surface area contributed by atoms with Gasteiger partial charge in [0.05, 0.1) is 12.5 Å². The van der Waals surface area contributed by atoms with Crippen LogP contribution in [0.2, 0.25) is 0 Å². The first-order chi connectivity index (χ1) is 12.1. The second kappa shape index (κ2) is 8.68. The van der Waals surface area contributed by atoms with E-state index in [-0.39, 0.29) is 17.9 Å². The van der Waals surface area contributed by atoms with E-state index in [1.807, 2.05) is 0 Å². The molecule has 2 aliphatic rings. The highest BCUT2D eigenvalue weighted by Crippen LogP contribution is 2.18. The van der Waals surface area contributed by atoms with Crippen molar-refractivity contribution in [3.05, 3.63) is 29.8 Å². The zero-order chi connectivity index (χ0) is 17.6. The molecule has 2 saturated heterocycles. The number of amides is 1. The van der Waals surface area contributed by atoms with Crippen molar-refractivity contribution in [1.82, 2.24) is 10.2 Å². The average molecular weight is 345 g/mol. The molecule has 0 radical (unpaired) electrons. The molecule has 3 rings (SSSR count). The zero-order valence-electron chi connectivity index (χ0n) is 15.5. The standard InChI is InChI=1S/C20H31N3O2/c1-16-4-3-5-19(14-16)23-11-9-22(10-12-23)8-6-17(2)21-20(24)18-7-13-25-15-18/h3-5,14,17-18H,6-13,15H2,1-2H3,(H,21,24)/t17-,18+/m1/s1. The Morgan fingerprint density at radius 2 is 2.12 bits per heavy atom. The van der Waals surface area contributed by atoms with Crippen LogP contribution in [0.15, 0.2) is 24.3 Å². The second-order valence-corrected chi connectivity index (χ2v) is 7.43. The average Bonchev–Trinajstić information content (AvgIpc) is 3.15. The van der Waals surface area contributed by atoms with Gasteiger partial charge >= 0.3 is 0 Å². The highest BCUT2D eigenvalue weighted by atomic mass is 16.5. The Kier molecular flexibility index (Phi) is 6.32. The van der Waals surface area contributed by atoms with Crippen LogP contribution >= 0.6 is 0 Å². The van der Waals surface area contributed by atoms with Crippen LogP contribution in [0.1, 0.15) is 25.3 Å². The van der Waals surface area contributed by atoms with E-state index in [0.29, 0.717) is 6.61 Å². The van der Waals surface area contributed by atoms with Crippen molar-refractivity contribution in [2.45, 2.75) is 32.7 Å². The lowest BCUT2D eigenvalue weighted by Gasteiger charge is -2.36. The Morgan fingerprint density at radius 1 is 1.32 bits per heavy atom. The molecule has 138 valence electrons. The van der Waals surface area contributed by atoms with E-state index in [4.69, 9.17) is 4.74 Å². The number of hydrogen-bond donors (Lipinski definition) is 1. The molecule has 5 nitrogen and oxygen atoms in total. The summed E-state index contributed by atoms with van der Waals surface area (Å²) in [6.45, 7) is 10.9. The largest absolute Gasteiger partial charge is 0.381 e. The second-order valence-electron chi connectivity index (χ2n) is 7.43. The minimum atomic E-state index is 0.0559. The van der Waals surface area contributed by atoms with E-state index in [1.54, 1.807) is 0 Å². The molecule has 0 aromatic heterocycles. The van der Waals surface area contributed by atoms with E-state index in [2.05, 4.69) is 53.2 Å². The number of hydrogen-bond acceptors (Lipinski definition) is 4. The predicted molar refractivity (Wildman–Crippen MR) is 101 cm³/mol. The number of carbonyl (C=O) groups excluding carboxylic acids is 1. The molecular weight excluding hydrogens is 314 g/mol. The fraction of sp³-hybridized carbons (Fsp3) is 0.650. The first-order valence-corrected chi connectivity index (χ1v) is 9.54. The number of rotatable bonds is 6. The van der Waals surface area contributed by atoms with Crippen LogP contribution in [-0.4, -0.2) is 62.8 Å². The summed E-state index contributed by atoms with van der Waals surface area (Å²) in [4.78, 5) is 17.1. The van der Waals surface area contributed by atoms with Crippen LogP contribution in [0.5, 0.6) is 0 Å². The van der Waals surface area contributed by atoms with E-state index in [9.17, 15) is 4.79 Å². The lowest BCUT2D eigenvalue weighted by atomic mass is 10.1. The molecule has 2 aliphatic heterocycles. The van der Waals surface area contributed by atoms with Crippen LogP contribution in [0.4, 0.5) is 5.69 Å². The van der Waals surface area contributed by atoms with Crippen molar-refractivity contribution >= 4 is 11.6 Å². The SMILES string of the molecule is Cc1cccc(N2CCN(CC[C@@H](C)NC(=O)[C@H]3CCOC3)CC2)c1. The summed E-state index contributed by atoms with van der Waals surface area (Å²) < 4.78 is 5.30. The monoisotopic (exact) mass is 345 g/mol. The molecule has 0 bridgehead atoms. The Bertz CT molecular complexity index is 564. The van der Waals surface area contributed by atoms with Gasteiger partial charge in [0, 0.05) is 51.1 Å². The molecule has 1 N–H and O–H groups in total. The van der Waals surface area contributed by atoms with Crippen LogP contribution in [0.3, 0.4) is 0 Å². The lowest BCUT2D eigenvalue weighted by Crippen LogP contribution is -2.48. The fourth-order valence-corrected chi connectivity index (χ4v) is 3.60. The van der Waals surface area contributed by atoms with Crippen LogP contribution in [-0.2, 0) is 9.53 Å². The summed E-state index contributed by atoms with van der Waals surface area (Å²) in [6, 6.07) is 8.97. The van der Waals surface area contributed by atoms with Crippen LogP contribution in [0.25, 0.3) is 0 Å². The van der Waals surface area contributed by atoms with Crippen LogP contribution < -0.4 is 10.2 Å². The minimum Gasteiger partial charge on any atom is -0.381 e. The third-order valence-electron chi connectivity index (χ3n) is 5.31. The number of carbonyl (C=O) groups is 1. The molecule has 5 heteroatoms. The van der Waals surface area contributed by atoms with Gasteiger partial charge in [-0.05, 0) is 44.4 Å². The van der Waals surface area contributed by atoms with Crippen molar-refractivity contribution in [2.75, 3.05) is 50.8 Å². The highest BCUT2D eigenvalue weighted by molar-refractivity contribution is 5.79. The Labute approximate surface area is 151 Å². The Morgan fingerprint density at radius 3 is 2.80 bits per heavy atom. The minimum absolute atomic E-state index is 0.0559. The molecular formula is C20H31N3O2. The molecule has 25 heavy (non-hydrogen) atoms. The van der Waals surface area contributed by atoms with Gasteiger partial charge in [-0.15, -0.1) is 0 Å². The zero-order valence-corrected chi connectivity index (χ0v) is 15.5. The van der Waals surface area contributed by atoms with Gasteiger partial charge in [-0.3, -0.25) is 9.69 Å². The summed E-state index contributed by atoms with van der Waals surface area (Å²) in [6.07, 6.45) is 1.86. The Hall–Kier alpha value is -1.59. The predicted octanol–water partition coefficient (Wildman–Crippen LogP) is 2.05. The van der Waals surface area contributed by atoms with Gasteiger partial charge in [0.1, 0.15) is 0 Å². The number of aryl methyl sites for hydroxylation is 1. The lowest BCUT2D eigenvalue weighted by molar-refractivity contribution is -0.125. The van der Waals surface area contributed by atoms with Crippen molar-refractivity contribution < 1.29 is 9.53 Å². The smallest absolute Gasteiger partial charge is 0.225 e. The third kappa shape index (κ3) is 5.19. The number of anilines is 1. The van der Waals surface area contributed by atoms with E-state index in [0.717, 1.165) is 52.2 Å². The van der Waals surface area contributed by atoms with Gasteiger partial charge < -0.3 is 15.0 Å². The van der Waals surface area contributed by atoms with Gasteiger partial charge in [0.25, 0.3) is 0 Å². The molecule has 2 fully saturated rings. The van der Waals surface area contributed by atoms with E-state index < -0.39 is 0 Å². The number of nitrogens with zero attached hydrogens (tertiary/aromatic N) is 2. The quantitative estimate of drug-likeness (QED) is 0.857. The molecule has 2 atom stereocenters. The van der Waals surface area contributed by atoms with Crippen molar-refractivity contribution in [2.24, 2.45) is 5.92 Å². The van der Waals surface area contributed by atoms with Crippen LogP contribution in [0, 0.1) is 12.8 Å². The summed E-state index contributed by atoms with van der Waals surface area (Å²) in [7, 11) is 0. The maximum absolute atomic E-state index is 12.1. The number of piperazine rings is 1. The topological polar surface area (TPSA) is 44.8 Å². The van der Waals surface area contributed by atoms with Gasteiger partial charge in [0.2, 0.25) is 5.91 Å². The molecule has 1 aromatic carbocycles. The molecule has 2 heterocycles. The first-order valence-electron chi connectivity index (χ1n) is 9.54. The van der Waals surface area contributed by atoms with Crippen molar-refractivity contribution in [3.63, 3.8) is 0 Å². The van der Waals surface area contributed by atoms with E-state index >= 15 is 0 Å². The summed E-state index contributed by atoms with van der Waals surface area (Å²) >= 11 is 0. The van der Waals surface area contributed by atoms with Crippen molar-refractivity contribution in [3.8, 4) is 0 Å². The third-order valence-corrected chi connectivity index (χ3v) is 5.31. The molecule has 0 unspecified atom stereocenters. The molecule has 0 aliphatic carbocycles. The van der Waals surface area contributed by atoms with E-state index in [1.165, 1.54) is 11.3 Å². The first kappa shape index (κ1) is 18.2. The maximum atomic E-state index is 12.1. The molecule has 1 amide bonds. The van der Waals surface area contributed by atoms with Gasteiger partial charge in [-0.2, -0.15) is 0 Å². The maximum Gasteiger partial charge on any atom is 0.225 e. The van der Waals surface area contributed by atoms with Gasteiger partial charge in [-0.1, -0.05) is 12.1 Å². The van der Waals surface area contributed by atoms with Gasteiger partial charge in [-0.25, -0.2) is 0 Å². The Balaban J connectivity index is 1.36. The fourth-order valence-electron chi connectivity index (χ4n) is 3.60. The number of benzene rings is 1. The summed E-state index contributed by atoms with van der Waals surface area (Å²) in [5.74, 6) is 0.217. The van der Waals surface area contributed by atoms with Gasteiger partial charge in [0.15, 0.2) is 0 Å². The summed E-state index contributed by atoms with van der Waals surface area (Å²) in [5.41, 5.74) is 2.65. The molecule has 0 saturated carbocycles.